The number of hydrogen-bond acceptors (Lipinski definition) is 7. The van der Waals surface area contributed by atoms with Crippen LogP contribution in [0.3, 0.4) is 0 Å². The molecule has 2 aromatic rings. The van der Waals surface area contributed by atoms with Crippen molar-refractivity contribution in [2.45, 2.75) is 55.7 Å². The summed E-state index contributed by atoms with van der Waals surface area (Å²) in [5, 5.41) is 10.3. The summed E-state index contributed by atoms with van der Waals surface area (Å²) < 4.78 is 33.9. The lowest BCUT2D eigenvalue weighted by Gasteiger charge is -2.18. The maximum Gasteiger partial charge on any atom is 0.256 e. The molecule has 2 aliphatic heterocycles. The summed E-state index contributed by atoms with van der Waals surface area (Å²) in [5.74, 6) is 1.33. The van der Waals surface area contributed by atoms with Crippen molar-refractivity contribution in [3.05, 3.63) is 41.1 Å². The zero-order chi connectivity index (χ0) is 25.0. The highest BCUT2D eigenvalue weighted by atomic mass is 32.2. The average Bonchev–Trinajstić information content (AvgIpc) is 3.58. The van der Waals surface area contributed by atoms with Gasteiger partial charge in [0.2, 0.25) is 15.9 Å². The number of thioether (sulfide) groups is 1. The molecule has 0 spiro atoms. The standard InChI is InChI=1S/C23H31N5O5S2/c1-3-27(4-2)35(31,32)18-9-7-16(8-10-18)23(30)25-22-19-14-34-15-20(19)26-28(22)13-21(29)24-12-17-6-5-11-33-17/h7-10,17H,3-6,11-15H2,1-2H3,(H,24,29)(H,25,30). The smallest absolute Gasteiger partial charge is 0.256 e. The molecule has 2 amide bonds. The van der Waals surface area contributed by atoms with Gasteiger partial charge in [0, 0.05) is 48.9 Å². The van der Waals surface area contributed by atoms with Gasteiger partial charge in [-0.25, -0.2) is 13.1 Å². The van der Waals surface area contributed by atoms with E-state index >= 15 is 0 Å². The van der Waals surface area contributed by atoms with Gasteiger partial charge in [-0.15, -0.1) is 0 Å². The minimum atomic E-state index is -3.60. The van der Waals surface area contributed by atoms with Crippen LogP contribution in [0.15, 0.2) is 29.2 Å². The van der Waals surface area contributed by atoms with Crippen molar-refractivity contribution in [3.8, 4) is 0 Å². The third-order valence-electron chi connectivity index (χ3n) is 6.15. The minimum Gasteiger partial charge on any atom is -0.376 e. The van der Waals surface area contributed by atoms with Crippen LogP contribution < -0.4 is 10.6 Å². The third kappa shape index (κ3) is 5.71. The topological polar surface area (TPSA) is 123 Å². The summed E-state index contributed by atoms with van der Waals surface area (Å²) in [5.41, 5.74) is 2.09. The molecule has 12 heteroatoms. The van der Waals surface area contributed by atoms with Gasteiger partial charge in [-0.05, 0) is 37.1 Å². The summed E-state index contributed by atoms with van der Waals surface area (Å²) >= 11 is 1.70. The number of sulfonamides is 1. The van der Waals surface area contributed by atoms with E-state index in [2.05, 4.69) is 15.7 Å². The zero-order valence-corrected chi connectivity index (χ0v) is 21.6. The number of benzene rings is 1. The van der Waals surface area contributed by atoms with E-state index in [0.717, 1.165) is 36.5 Å². The molecule has 4 rings (SSSR count). The van der Waals surface area contributed by atoms with Gasteiger partial charge < -0.3 is 15.4 Å². The van der Waals surface area contributed by atoms with Gasteiger partial charge >= 0.3 is 0 Å². The molecule has 0 radical (unpaired) electrons. The second-order valence-corrected chi connectivity index (χ2v) is 11.4. The first-order valence-electron chi connectivity index (χ1n) is 11.8. The largest absolute Gasteiger partial charge is 0.376 e. The highest BCUT2D eigenvalue weighted by molar-refractivity contribution is 7.98. The van der Waals surface area contributed by atoms with Crippen molar-refractivity contribution in [2.75, 3.05) is 31.6 Å². The Hall–Kier alpha value is -2.41. The van der Waals surface area contributed by atoms with Crippen LogP contribution in [0.4, 0.5) is 5.82 Å². The van der Waals surface area contributed by atoms with Crippen LogP contribution in [0.1, 0.15) is 48.3 Å². The Morgan fingerprint density at radius 1 is 1.20 bits per heavy atom. The molecular weight excluding hydrogens is 490 g/mol. The Morgan fingerprint density at radius 2 is 1.94 bits per heavy atom. The fourth-order valence-corrected chi connectivity index (χ4v) is 6.71. The van der Waals surface area contributed by atoms with Gasteiger partial charge in [0.1, 0.15) is 12.4 Å². The lowest BCUT2D eigenvalue weighted by atomic mass is 10.2. The van der Waals surface area contributed by atoms with Crippen molar-refractivity contribution >= 4 is 39.4 Å². The molecule has 2 aliphatic rings. The quantitative estimate of drug-likeness (QED) is 0.491. The van der Waals surface area contributed by atoms with E-state index in [1.54, 1.807) is 25.6 Å². The zero-order valence-electron chi connectivity index (χ0n) is 20.0. The van der Waals surface area contributed by atoms with E-state index < -0.39 is 15.9 Å². The Balaban J connectivity index is 1.46. The molecule has 10 nitrogen and oxygen atoms in total. The van der Waals surface area contributed by atoms with Crippen LogP contribution in [0, 0.1) is 0 Å². The molecule has 1 atom stereocenters. The maximum absolute atomic E-state index is 13.0. The highest BCUT2D eigenvalue weighted by Gasteiger charge is 2.26. The third-order valence-corrected chi connectivity index (χ3v) is 9.19. The molecule has 1 unspecified atom stereocenters. The van der Waals surface area contributed by atoms with E-state index in [4.69, 9.17) is 4.74 Å². The van der Waals surface area contributed by atoms with E-state index in [-0.39, 0.29) is 23.5 Å². The number of carbonyl (C=O) groups excluding carboxylic acids is 2. The number of nitrogens with one attached hydrogen (secondary N) is 2. The number of nitrogens with zero attached hydrogens (tertiary/aromatic N) is 3. The molecule has 1 aromatic heterocycles. The molecule has 1 fully saturated rings. The van der Waals surface area contributed by atoms with Crippen LogP contribution in [-0.4, -0.2) is 66.7 Å². The summed E-state index contributed by atoms with van der Waals surface area (Å²) in [6.07, 6.45) is 1.98. The van der Waals surface area contributed by atoms with Crippen LogP contribution >= 0.6 is 11.8 Å². The Bertz CT molecular complexity index is 1170. The first kappa shape index (κ1) is 25.7. The highest BCUT2D eigenvalue weighted by Crippen LogP contribution is 2.35. The van der Waals surface area contributed by atoms with Crippen molar-refractivity contribution in [1.82, 2.24) is 19.4 Å². The van der Waals surface area contributed by atoms with E-state index in [1.807, 2.05) is 0 Å². The Labute approximate surface area is 209 Å². The lowest BCUT2D eigenvalue weighted by molar-refractivity contribution is -0.122. The number of rotatable bonds is 10. The van der Waals surface area contributed by atoms with Gasteiger partial charge in [-0.2, -0.15) is 21.2 Å². The van der Waals surface area contributed by atoms with Gasteiger partial charge in [0.05, 0.1) is 16.7 Å². The number of amides is 2. The Morgan fingerprint density at radius 3 is 2.60 bits per heavy atom. The van der Waals surface area contributed by atoms with Crippen molar-refractivity contribution in [1.29, 1.82) is 0 Å². The molecule has 2 N–H and O–H groups in total. The fraction of sp³-hybridized carbons (Fsp3) is 0.522. The number of aromatic nitrogens is 2. The van der Waals surface area contributed by atoms with E-state index in [1.165, 1.54) is 33.3 Å². The first-order chi connectivity index (χ1) is 16.8. The van der Waals surface area contributed by atoms with E-state index in [9.17, 15) is 18.0 Å². The second kappa shape index (κ2) is 11.1. The Kier molecular flexibility index (Phi) is 8.15. The summed E-state index contributed by atoms with van der Waals surface area (Å²) in [6, 6.07) is 5.88. The van der Waals surface area contributed by atoms with E-state index in [0.29, 0.717) is 36.8 Å². The number of carbonyl (C=O) groups is 2. The summed E-state index contributed by atoms with van der Waals surface area (Å²) in [6.45, 7) is 5.48. The predicted octanol–water partition coefficient (Wildman–Crippen LogP) is 2.21. The molecule has 190 valence electrons. The number of anilines is 1. The van der Waals surface area contributed by atoms with Gasteiger partial charge in [0.15, 0.2) is 0 Å². The van der Waals surface area contributed by atoms with Crippen LogP contribution in [0.5, 0.6) is 0 Å². The summed E-state index contributed by atoms with van der Waals surface area (Å²) in [4.78, 5) is 25.7. The van der Waals surface area contributed by atoms with Gasteiger partial charge in [0.25, 0.3) is 5.91 Å². The minimum absolute atomic E-state index is 0.0128. The molecule has 0 aliphatic carbocycles. The fourth-order valence-electron chi connectivity index (χ4n) is 4.22. The first-order valence-corrected chi connectivity index (χ1v) is 14.4. The predicted molar refractivity (Wildman–Crippen MR) is 134 cm³/mol. The molecule has 3 heterocycles. The molecule has 1 saturated heterocycles. The van der Waals surface area contributed by atoms with Gasteiger partial charge in [-0.3, -0.25) is 9.59 Å². The number of fused-ring (bicyclic) bond motifs is 1. The van der Waals surface area contributed by atoms with Crippen LogP contribution in [-0.2, 0) is 37.6 Å². The lowest BCUT2D eigenvalue weighted by Crippen LogP contribution is -2.34. The molecule has 1 aromatic carbocycles. The molecule has 0 bridgehead atoms. The number of ether oxygens (including phenoxy) is 1. The molecular formula is C23H31N5O5S2. The van der Waals surface area contributed by atoms with Crippen LogP contribution in [0.25, 0.3) is 0 Å². The van der Waals surface area contributed by atoms with Crippen molar-refractivity contribution in [3.63, 3.8) is 0 Å². The summed E-state index contributed by atoms with van der Waals surface area (Å²) in [7, 11) is -3.60. The van der Waals surface area contributed by atoms with Gasteiger partial charge in [-0.1, -0.05) is 13.8 Å². The van der Waals surface area contributed by atoms with Crippen molar-refractivity contribution < 1.29 is 22.7 Å². The number of hydrogen-bond donors (Lipinski definition) is 2. The average molecular weight is 522 g/mol. The molecule has 0 saturated carbocycles. The normalized spacial score (nSPS) is 17.5. The second-order valence-electron chi connectivity index (χ2n) is 8.43. The van der Waals surface area contributed by atoms with Crippen molar-refractivity contribution in [2.24, 2.45) is 0 Å². The monoisotopic (exact) mass is 521 g/mol. The van der Waals surface area contributed by atoms with Crippen LogP contribution in [0.2, 0.25) is 0 Å². The SMILES string of the molecule is CCN(CC)S(=O)(=O)c1ccc(C(=O)Nc2c3c(nn2CC(=O)NCC2CCCO2)CSC3)cc1. The maximum atomic E-state index is 13.0. The molecule has 35 heavy (non-hydrogen) atoms.